The van der Waals surface area contributed by atoms with Crippen LogP contribution in [0.2, 0.25) is 0 Å². The Bertz CT molecular complexity index is 590. The molecule has 2 aromatic rings. The molecule has 1 aromatic heterocycles. The lowest BCUT2D eigenvalue weighted by Gasteiger charge is -2.32. The summed E-state index contributed by atoms with van der Waals surface area (Å²) in [6.45, 7) is 2.29. The van der Waals surface area contributed by atoms with Crippen LogP contribution in [0.25, 0.3) is 11.0 Å². The smallest absolute Gasteiger partial charge is 0.0890 e. The van der Waals surface area contributed by atoms with E-state index in [2.05, 4.69) is 17.3 Å². The number of hydrogen-bond donors (Lipinski definition) is 2. The Morgan fingerprint density at radius 2 is 1.90 bits per heavy atom. The zero-order valence-corrected chi connectivity index (χ0v) is 12.6. The Labute approximate surface area is 126 Å². The van der Waals surface area contributed by atoms with Gasteiger partial charge in [-0.1, -0.05) is 38.3 Å². The van der Waals surface area contributed by atoms with E-state index in [1.807, 2.05) is 30.5 Å². The van der Waals surface area contributed by atoms with Crippen molar-refractivity contribution in [1.82, 2.24) is 15.4 Å². The van der Waals surface area contributed by atoms with Crippen molar-refractivity contribution in [2.75, 3.05) is 0 Å². The second kappa shape index (κ2) is 6.50. The molecule has 4 nitrogen and oxygen atoms in total. The Hall–Kier alpha value is -1.52. The van der Waals surface area contributed by atoms with Gasteiger partial charge in [-0.25, -0.2) is 4.98 Å². The summed E-state index contributed by atoms with van der Waals surface area (Å²) in [4.78, 5) is 9.27. The van der Waals surface area contributed by atoms with Crippen molar-refractivity contribution in [3.8, 4) is 0 Å². The van der Waals surface area contributed by atoms with Gasteiger partial charge in [0.15, 0.2) is 0 Å². The van der Waals surface area contributed by atoms with Crippen LogP contribution in [0, 0.1) is 11.8 Å². The molecule has 1 aliphatic rings. The largest absolute Gasteiger partial charge is 0.271 e. The van der Waals surface area contributed by atoms with Gasteiger partial charge in [-0.3, -0.25) is 16.3 Å². The van der Waals surface area contributed by atoms with Crippen LogP contribution < -0.4 is 11.3 Å². The van der Waals surface area contributed by atoms with E-state index in [-0.39, 0.29) is 6.04 Å². The molecule has 3 N–H and O–H groups in total. The van der Waals surface area contributed by atoms with Gasteiger partial charge in [0, 0.05) is 0 Å². The van der Waals surface area contributed by atoms with E-state index in [1.165, 1.54) is 32.1 Å². The Morgan fingerprint density at radius 1 is 1.19 bits per heavy atom. The highest BCUT2D eigenvalue weighted by Crippen LogP contribution is 2.37. The summed E-state index contributed by atoms with van der Waals surface area (Å²) in [5.41, 5.74) is 5.83. The van der Waals surface area contributed by atoms with Gasteiger partial charge < -0.3 is 0 Å². The molecule has 0 radical (unpaired) electrons. The summed E-state index contributed by atoms with van der Waals surface area (Å²) in [5, 5.41) is 0. The van der Waals surface area contributed by atoms with Gasteiger partial charge >= 0.3 is 0 Å². The number of para-hydroxylation sites is 2. The van der Waals surface area contributed by atoms with Crippen molar-refractivity contribution in [2.24, 2.45) is 17.7 Å². The molecule has 112 valence electrons. The first kappa shape index (κ1) is 14.4. The van der Waals surface area contributed by atoms with Crippen molar-refractivity contribution in [1.29, 1.82) is 0 Å². The standard InChI is InChI=1S/C17H24N4/c1-2-12-7-9-13(10-8-12)17(21-18)16-11-19-14-5-3-4-6-15(14)20-16/h3-6,11-13,17,21H,2,7-10,18H2,1H3. The van der Waals surface area contributed by atoms with Gasteiger partial charge in [-0.15, -0.1) is 0 Å². The summed E-state index contributed by atoms with van der Waals surface area (Å²) in [5.74, 6) is 7.28. The van der Waals surface area contributed by atoms with Crippen LogP contribution in [-0.2, 0) is 0 Å². The van der Waals surface area contributed by atoms with Gasteiger partial charge in [-0.05, 0) is 36.8 Å². The lowest BCUT2D eigenvalue weighted by Crippen LogP contribution is -2.36. The lowest BCUT2D eigenvalue weighted by molar-refractivity contribution is 0.217. The summed E-state index contributed by atoms with van der Waals surface area (Å²) in [7, 11) is 0. The Kier molecular flexibility index (Phi) is 4.46. The molecular weight excluding hydrogens is 260 g/mol. The predicted molar refractivity (Wildman–Crippen MR) is 85.3 cm³/mol. The number of nitrogens with one attached hydrogen (secondary N) is 1. The molecule has 0 aliphatic heterocycles. The lowest BCUT2D eigenvalue weighted by atomic mass is 9.77. The van der Waals surface area contributed by atoms with Crippen LogP contribution in [0.15, 0.2) is 30.5 Å². The van der Waals surface area contributed by atoms with E-state index < -0.39 is 0 Å². The third kappa shape index (κ3) is 3.06. The molecular formula is C17H24N4. The molecule has 1 atom stereocenters. The second-order valence-electron chi connectivity index (χ2n) is 6.12. The maximum atomic E-state index is 5.83. The van der Waals surface area contributed by atoms with E-state index in [0.29, 0.717) is 5.92 Å². The summed E-state index contributed by atoms with van der Waals surface area (Å²) in [6.07, 6.45) is 8.23. The van der Waals surface area contributed by atoms with Gasteiger partial charge in [0.2, 0.25) is 0 Å². The molecule has 1 aliphatic carbocycles. The van der Waals surface area contributed by atoms with Crippen LogP contribution in [0.5, 0.6) is 0 Å². The quantitative estimate of drug-likeness (QED) is 0.667. The summed E-state index contributed by atoms with van der Waals surface area (Å²) < 4.78 is 0. The van der Waals surface area contributed by atoms with Crippen LogP contribution in [0.1, 0.15) is 50.8 Å². The number of nitrogens with two attached hydrogens (primary N) is 1. The van der Waals surface area contributed by atoms with Crippen molar-refractivity contribution in [3.05, 3.63) is 36.2 Å². The van der Waals surface area contributed by atoms with E-state index in [1.54, 1.807) is 0 Å². The molecule has 1 unspecified atom stereocenters. The number of rotatable bonds is 4. The molecule has 0 bridgehead atoms. The van der Waals surface area contributed by atoms with Gasteiger partial charge in [0.1, 0.15) is 0 Å². The first-order chi connectivity index (χ1) is 10.3. The van der Waals surface area contributed by atoms with Crippen LogP contribution in [0.3, 0.4) is 0 Å². The van der Waals surface area contributed by atoms with Crippen molar-refractivity contribution < 1.29 is 0 Å². The average Bonchev–Trinajstić information content (AvgIpc) is 2.56. The van der Waals surface area contributed by atoms with Gasteiger partial charge in [0.05, 0.1) is 29.0 Å². The van der Waals surface area contributed by atoms with E-state index in [9.17, 15) is 0 Å². The minimum absolute atomic E-state index is 0.111. The fraction of sp³-hybridized carbons (Fsp3) is 0.529. The van der Waals surface area contributed by atoms with Gasteiger partial charge in [0.25, 0.3) is 0 Å². The minimum Gasteiger partial charge on any atom is -0.271 e. The average molecular weight is 284 g/mol. The monoisotopic (exact) mass is 284 g/mol. The SMILES string of the molecule is CCC1CCC(C(NN)c2cnc3ccccc3n2)CC1. The highest BCUT2D eigenvalue weighted by atomic mass is 15.2. The van der Waals surface area contributed by atoms with Crippen molar-refractivity contribution in [2.45, 2.75) is 45.1 Å². The molecule has 21 heavy (non-hydrogen) atoms. The molecule has 0 spiro atoms. The predicted octanol–water partition coefficient (Wildman–Crippen LogP) is 3.35. The fourth-order valence-electron chi connectivity index (χ4n) is 3.51. The van der Waals surface area contributed by atoms with Crippen LogP contribution in [-0.4, -0.2) is 9.97 Å². The zero-order chi connectivity index (χ0) is 14.7. The van der Waals surface area contributed by atoms with Crippen LogP contribution >= 0.6 is 0 Å². The normalized spacial score (nSPS) is 24.1. The third-order valence-electron chi connectivity index (χ3n) is 4.91. The third-order valence-corrected chi connectivity index (χ3v) is 4.91. The molecule has 1 heterocycles. The molecule has 0 saturated heterocycles. The number of hydrogen-bond acceptors (Lipinski definition) is 4. The molecule has 4 heteroatoms. The zero-order valence-electron chi connectivity index (χ0n) is 12.6. The fourth-order valence-corrected chi connectivity index (χ4v) is 3.51. The number of nitrogens with zero attached hydrogens (tertiary/aromatic N) is 2. The van der Waals surface area contributed by atoms with Crippen LogP contribution in [0.4, 0.5) is 0 Å². The first-order valence-corrected chi connectivity index (χ1v) is 7.99. The van der Waals surface area contributed by atoms with E-state index >= 15 is 0 Å². The van der Waals surface area contributed by atoms with Crippen molar-refractivity contribution >= 4 is 11.0 Å². The minimum atomic E-state index is 0.111. The maximum Gasteiger partial charge on any atom is 0.0890 e. The topological polar surface area (TPSA) is 63.8 Å². The Balaban J connectivity index is 1.81. The van der Waals surface area contributed by atoms with E-state index in [0.717, 1.165) is 22.6 Å². The Morgan fingerprint density at radius 3 is 2.57 bits per heavy atom. The van der Waals surface area contributed by atoms with Crippen molar-refractivity contribution in [3.63, 3.8) is 0 Å². The molecule has 0 amide bonds. The summed E-state index contributed by atoms with van der Waals surface area (Å²) in [6, 6.07) is 8.09. The number of aromatic nitrogens is 2. The second-order valence-corrected chi connectivity index (χ2v) is 6.12. The molecule has 1 fully saturated rings. The highest BCUT2D eigenvalue weighted by molar-refractivity contribution is 5.73. The molecule has 3 rings (SSSR count). The number of fused-ring (bicyclic) bond motifs is 1. The maximum absolute atomic E-state index is 5.83. The molecule has 1 saturated carbocycles. The summed E-state index contributed by atoms with van der Waals surface area (Å²) >= 11 is 0. The first-order valence-electron chi connectivity index (χ1n) is 7.99. The highest BCUT2D eigenvalue weighted by Gasteiger charge is 2.28. The van der Waals surface area contributed by atoms with E-state index in [4.69, 9.17) is 10.8 Å². The molecule has 1 aromatic carbocycles. The number of hydrazine groups is 1. The van der Waals surface area contributed by atoms with Gasteiger partial charge in [-0.2, -0.15) is 0 Å². The number of benzene rings is 1.